The standard InChI is InChI=1S/C14H20ClN/c1-2-9-16-11-14(7-4-8-14)12-5-3-6-13(15)10-12/h3,5-6,10,16H,2,4,7-9,11H2,1H3. The van der Waals surface area contributed by atoms with Crippen LogP contribution in [0.2, 0.25) is 5.02 Å². The van der Waals surface area contributed by atoms with Crippen LogP contribution in [0.1, 0.15) is 38.2 Å². The Kier molecular flexibility index (Phi) is 3.88. The van der Waals surface area contributed by atoms with E-state index in [1.807, 2.05) is 6.07 Å². The van der Waals surface area contributed by atoms with Crippen LogP contribution in [0, 0.1) is 0 Å². The van der Waals surface area contributed by atoms with Crippen molar-refractivity contribution >= 4 is 11.6 Å². The summed E-state index contributed by atoms with van der Waals surface area (Å²) in [5, 5.41) is 4.41. The van der Waals surface area contributed by atoms with Gasteiger partial charge < -0.3 is 5.32 Å². The molecule has 0 amide bonds. The topological polar surface area (TPSA) is 12.0 Å². The van der Waals surface area contributed by atoms with Crippen LogP contribution in [0.3, 0.4) is 0 Å². The summed E-state index contributed by atoms with van der Waals surface area (Å²) in [4.78, 5) is 0. The molecule has 0 saturated heterocycles. The minimum Gasteiger partial charge on any atom is -0.316 e. The monoisotopic (exact) mass is 237 g/mol. The summed E-state index contributed by atoms with van der Waals surface area (Å²) in [6.45, 7) is 4.42. The zero-order chi connectivity index (χ0) is 11.4. The van der Waals surface area contributed by atoms with Gasteiger partial charge in [0.2, 0.25) is 0 Å². The van der Waals surface area contributed by atoms with Crippen molar-refractivity contribution in [2.45, 2.75) is 38.0 Å². The van der Waals surface area contributed by atoms with E-state index in [9.17, 15) is 0 Å². The molecular formula is C14H20ClN. The van der Waals surface area contributed by atoms with Crippen molar-refractivity contribution in [3.05, 3.63) is 34.9 Å². The molecule has 0 aliphatic heterocycles. The molecule has 1 aliphatic rings. The van der Waals surface area contributed by atoms with Crippen LogP contribution in [-0.2, 0) is 5.41 Å². The Bertz CT molecular complexity index is 344. The largest absolute Gasteiger partial charge is 0.316 e. The second kappa shape index (κ2) is 5.20. The summed E-state index contributed by atoms with van der Waals surface area (Å²) in [5.74, 6) is 0. The third-order valence-corrected chi connectivity index (χ3v) is 3.87. The molecule has 1 nitrogen and oxygen atoms in total. The zero-order valence-electron chi connectivity index (χ0n) is 9.93. The normalized spacial score (nSPS) is 18.1. The summed E-state index contributed by atoms with van der Waals surface area (Å²) in [6.07, 6.45) is 5.14. The highest BCUT2D eigenvalue weighted by Gasteiger charge is 2.38. The SMILES string of the molecule is CCCNCC1(c2cccc(Cl)c2)CCC1. The van der Waals surface area contributed by atoms with Crippen LogP contribution in [0.25, 0.3) is 0 Å². The first-order valence-electron chi connectivity index (χ1n) is 6.24. The minimum absolute atomic E-state index is 0.361. The van der Waals surface area contributed by atoms with Gasteiger partial charge in [0.1, 0.15) is 0 Å². The van der Waals surface area contributed by atoms with Gasteiger partial charge in [-0.05, 0) is 43.5 Å². The van der Waals surface area contributed by atoms with E-state index in [4.69, 9.17) is 11.6 Å². The number of nitrogens with one attached hydrogen (secondary N) is 1. The molecule has 1 saturated carbocycles. The molecule has 0 heterocycles. The Hall–Kier alpha value is -0.530. The molecule has 0 radical (unpaired) electrons. The first-order valence-corrected chi connectivity index (χ1v) is 6.61. The molecule has 1 aromatic carbocycles. The Balaban J connectivity index is 2.08. The Morgan fingerprint density at radius 1 is 1.38 bits per heavy atom. The minimum atomic E-state index is 0.361. The van der Waals surface area contributed by atoms with Gasteiger partial charge in [-0.25, -0.2) is 0 Å². The molecular weight excluding hydrogens is 218 g/mol. The molecule has 2 rings (SSSR count). The quantitative estimate of drug-likeness (QED) is 0.769. The lowest BCUT2D eigenvalue weighted by molar-refractivity contribution is 0.234. The zero-order valence-corrected chi connectivity index (χ0v) is 10.7. The van der Waals surface area contributed by atoms with Gasteiger partial charge in [-0.3, -0.25) is 0 Å². The first kappa shape index (κ1) is 11.9. The number of hydrogen-bond donors (Lipinski definition) is 1. The van der Waals surface area contributed by atoms with E-state index in [-0.39, 0.29) is 0 Å². The summed E-state index contributed by atoms with van der Waals surface area (Å²) in [6, 6.07) is 8.38. The molecule has 0 aromatic heterocycles. The van der Waals surface area contributed by atoms with Crippen molar-refractivity contribution in [3.8, 4) is 0 Å². The summed E-state index contributed by atoms with van der Waals surface area (Å²) >= 11 is 6.07. The molecule has 16 heavy (non-hydrogen) atoms. The summed E-state index contributed by atoms with van der Waals surface area (Å²) < 4.78 is 0. The molecule has 88 valence electrons. The van der Waals surface area contributed by atoms with Gasteiger partial charge in [0, 0.05) is 17.0 Å². The molecule has 1 aromatic rings. The molecule has 1 N–H and O–H groups in total. The predicted octanol–water partition coefficient (Wildman–Crippen LogP) is 3.76. The van der Waals surface area contributed by atoms with Gasteiger partial charge in [-0.15, -0.1) is 0 Å². The van der Waals surface area contributed by atoms with Crippen molar-refractivity contribution in [1.29, 1.82) is 0 Å². The van der Waals surface area contributed by atoms with E-state index in [1.54, 1.807) is 0 Å². The maximum atomic E-state index is 6.07. The molecule has 1 aliphatic carbocycles. The fraction of sp³-hybridized carbons (Fsp3) is 0.571. The predicted molar refractivity (Wildman–Crippen MR) is 70.1 cm³/mol. The summed E-state index contributed by atoms with van der Waals surface area (Å²) in [7, 11) is 0. The van der Waals surface area contributed by atoms with Crippen molar-refractivity contribution < 1.29 is 0 Å². The Labute approximate surface area is 103 Å². The van der Waals surface area contributed by atoms with Crippen LogP contribution in [0.5, 0.6) is 0 Å². The van der Waals surface area contributed by atoms with Crippen molar-refractivity contribution in [1.82, 2.24) is 5.32 Å². The van der Waals surface area contributed by atoms with Gasteiger partial charge >= 0.3 is 0 Å². The summed E-state index contributed by atoms with van der Waals surface area (Å²) in [5.41, 5.74) is 1.77. The molecule has 1 fully saturated rings. The number of hydrogen-bond acceptors (Lipinski definition) is 1. The van der Waals surface area contributed by atoms with E-state index in [0.717, 1.165) is 18.1 Å². The second-order valence-corrected chi connectivity index (χ2v) is 5.26. The van der Waals surface area contributed by atoms with Crippen molar-refractivity contribution in [3.63, 3.8) is 0 Å². The molecule has 2 heteroatoms. The van der Waals surface area contributed by atoms with E-state index in [0.29, 0.717) is 5.41 Å². The molecule has 0 spiro atoms. The highest BCUT2D eigenvalue weighted by Crippen LogP contribution is 2.43. The Morgan fingerprint density at radius 2 is 2.19 bits per heavy atom. The van der Waals surface area contributed by atoms with E-state index in [2.05, 4.69) is 30.4 Å². The number of halogens is 1. The average molecular weight is 238 g/mol. The maximum absolute atomic E-state index is 6.07. The molecule has 0 unspecified atom stereocenters. The molecule has 0 bridgehead atoms. The van der Waals surface area contributed by atoms with Crippen LogP contribution in [0.15, 0.2) is 24.3 Å². The van der Waals surface area contributed by atoms with Crippen LogP contribution in [-0.4, -0.2) is 13.1 Å². The average Bonchev–Trinajstić information content (AvgIpc) is 2.22. The van der Waals surface area contributed by atoms with Gasteiger partial charge in [-0.1, -0.05) is 37.1 Å². The lowest BCUT2D eigenvalue weighted by Crippen LogP contribution is -2.44. The van der Waals surface area contributed by atoms with Crippen LogP contribution in [0.4, 0.5) is 0 Å². The van der Waals surface area contributed by atoms with Gasteiger partial charge in [-0.2, -0.15) is 0 Å². The van der Waals surface area contributed by atoms with Gasteiger partial charge in [0.25, 0.3) is 0 Å². The van der Waals surface area contributed by atoms with Gasteiger partial charge in [0.15, 0.2) is 0 Å². The fourth-order valence-corrected chi connectivity index (χ4v) is 2.68. The first-order chi connectivity index (χ1) is 7.77. The highest BCUT2D eigenvalue weighted by molar-refractivity contribution is 6.30. The Morgan fingerprint density at radius 3 is 2.75 bits per heavy atom. The maximum Gasteiger partial charge on any atom is 0.0408 e. The number of benzene rings is 1. The lowest BCUT2D eigenvalue weighted by Gasteiger charge is -2.43. The van der Waals surface area contributed by atoms with E-state index >= 15 is 0 Å². The molecule has 0 atom stereocenters. The third-order valence-electron chi connectivity index (χ3n) is 3.64. The fourth-order valence-electron chi connectivity index (χ4n) is 2.49. The third kappa shape index (κ3) is 2.41. The van der Waals surface area contributed by atoms with E-state index < -0.39 is 0 Å². The highest BCUT2D eigenvalue weighted by atomic mass is 35.5. The van der Waals surface area contributed by atoms with Crippen molar-refractivity contribution in [2.75, 3.05) is 13.1 Å². The van der Waals surface area contributed by atoms with E-state index in [1.165, 1.54) is 31.2 Å². The number of rotatable bonds is 5. The second-order valence-electron chi connectivity index (χ2n) is 4.82. The smallest absolute Gasteiger partial charge is 0.0408 e. The van der Waals surface area contributed by atoms with Crippen LogP contribution < -0.4 is 5.32 Å². The van der Waals surface area contributed by atoms with Crippen LogP contribution >= 0.6 is 11.6 Å². The lowest BCUT2D eigenvalue weighted by atomic mass is 9.64. The van der Waals surface area contributed by atoms with Gasteiger partial charge in [0.05, 0.1) is 0 Å². The van der Waals surface area contributed by atoms with Crippen molar-refractivity contribution in [2.24, 2.45) is 0 Å².